The number of amides is 3. The lowest BCUT2D eigenvalue weighted by Crippen LogP contribution is -2.36. The van der Waals surface area contributed by atoms with Crippen molar-refractivity contribution in [2.75, 3.05) is 11.9 Å². The summed E-state index contributed by atoms with van der Waals surface area (Å²) in [7, 11) is 0. The second-order valence-electron chi connectivity index (χ2n) is 7.25. The van der Waals surface area contributed by atoms with Crippen LogP contribution in [0, 0.1) is 5.41 Å². The van der Waals surface area contributed by atoms with Gasteiger partial charge in [0.25, 0.3) is 5.91 Å². The Kier molecular flexibility index (Phi) is 6.06. The molecular formula is C18H24ClN3O3. The first-order valence-electron chi connectivity index (χ1n) is 8.35. The van der Waals surface area contributed by atoms with Gasteiger partial charge < -0.3 is 16.0 Å². The van der Waals surface area contributed by atoms with Gasteiger partial charge in [0.1, 0.15) is 0 Å². The Balaban J connectivity index is 1.83. The average molecular weight is 366 g/mol. The number of halogens is 1. The maximum atomic E-state index is 12.0. The number of rotatable bonds is 6. The second-order valence-corrected chi connectivity index (χ2v) is 7.65. The minimum atomic E-state index is -0.485. The van der Waals surface area contributed by atoms with E-state index < -0.39 is 5.41 Å². The Morgan fingerprint density at radius 2 is 1.88 bits per heavy atom. The second kappa shape index (κ2) is 7.87. The maximum Gasteiger partial charge on any atom is 0.253 e. The molecule has 25 heavy (non-hydrogen) atoms. The molecule has 0 spiro atoms. The zero-order valence-electron chi connectivity index (χ0n) is 14.7. The highest BCUT2D eigenvalue weighted by Crippen LogP contribution is 2.24. The van der Waals surface area contributed by atoms with E-state index >= 15 is 0 Å². The lowest BCUT2D eigenvalue weighted by molar-refractivity contribution is -0.128. The van der Waals surface area contributed by atoms with Gasteiger partial charge >= 0.3 is 0 Å². The van der Waals surface area contributed by atoms with E-state index in [0.29, 0.717) is 11.3 Å². The third-order valence-corrected chi connectivity index (χ3v) is 4.04. The highest BCUT2D eigenvalue weighted by molar-refractivity contribution is 6.34. The van der Waals surface area contributed by atoms with Crippen molar-refractivity contribution in [2.45, 2.75) is 46.1 Å². The van der Waals surface area contributed by atoms with Crippen LogP contribution in [0.15, 0.2) is 18.2 Å². The molecule has 0 aliphatic heterocycles. The predicted molar refractivity (Wildman–Crippen MR) is 97.7 cm³/mol. The fourth-order valence-corrected chi connectivity index (χ4v) is 2.31. The van der Waals surface area contributed by atoms with E-state index in [4.69, 9.17) is 11.6 Å². The van der Waals surface area contributed by atoms with E-state index in [1.807, 2.05) is 20.8 Å². The van der Waals surface area contributed by atoms with Gasteiger partial charge in [-0.1, -0.05) is 32.4 Å². The first kappa shape index (κ1) is 19.2. The SMILES string of the molecule is CC(C)(C)C(=O)NCCC(=O)Nc1ccc(C(=O)NC2CC2)c(Cl)c1. The van der Waals surface area contributed by atoms with Crippen LogP contribution < -0.4 is 16.0 Å². The first-order valence-corrected chi connectivity index (χ1v) is 8.73. The Morgan fingerprint density at radius 1 is 1.20 bits per heavy atom. The van der Waals surface area contributed by atoms with Crippen molar-refractivity contribution >= 4 is 35.0 Å². The van der Waals surface area contributed by atoms with Crippen LogP contribution in [0.5, 0.6) is 0 Å². The summed E-state index contributed by atoms with van der Waals surface area (Å²) in [6, 6.07) is 5.04. The van der Waals surface area contributed by atoms with Crippen LogP contribution in [0.2, 0.25) is 5.02 Å². The number of hydrogen-bond donors (Lipinski definition) is 3. The molecule has 1 aliphatic carbocycles. The van der Waals surface area contributed by atoms with Gasteiger partial charge in [0.2, 0.25) is 11.8 Å². The molecule has 1 aromatic rings. The van der Waals surface area contributed by atoms with E-state index in [0.717, 1.165) is 12.8 Å². The molecule has 0 unspecified atom stereocenters. The lowest BCUT2D eigenvalue weighted by Gasteiger charge is -2.17. The molecule has 1 aromatic carbocycles. The molecule has 0 aromatic heterocycles. The number of anilines is 1. The van der Waals surface area contributed by atoms with E-state index in [9.17, 15) is 14.4 Å². The summed E-state index contributed by atoms with van der Waals surface area (Å²) in [6.45, 7) is 5.69. The van der Waals surface area contributed by atoms with Crippen molar-refractivity contribution in [3.05, 3.63) is 28.8 Å². The lowest BCUT2D eigenvalue weighted by atomic mass is 9.96. The number of carbonyl (C=O) groups is 3. The van der Waals surface area contributed by atoms with Gasteiger partial charge in [0.15, 0.2) is 0 Å². The molecule has 6 nitrogen and oxygen atoms in total. The molecule has 0 radical (unpaired) electrons. The van der Waals surface area contributed by atoms with Crippen LogP contribution in [-0.2, 0) is 9.59 Å². The van der Waals surface area contributed by atoms with Crippen molar-refractivity contribution in [3.63, 3.8) is 0 Å². The van der Waals surface area contributed by atoms with Crippen molar-refractivity contribution in [1.82, 2.24) is 10.6 Å². The summed E-state index contributed by atoms with van der Waals surface area (Å²) >= 11 is 6.14. The molecule has 0 atom stereocenters. The van der Waals surface area contributed by atoms with E-state index in [1.165, 1.54) is 0 Å². The summed E-state index contributed by atoms with van der Waals surface area (Å²) in [6.07, 6.45) is 2.16. The largest absolute Gasteiger partial charge is 0.355 e. The van der Waals surface area contributed by atoms with Crippen molar-refractivity contribution in [1.29, 1.82) is 0 Å². The van der Waals surface area contributed by atoms with Gasteiger partial charge in [-0.3, -0.25) is 14.4 Å². The zero-order chi connectivity index (χ0) is 18.6. The third-order valence-electron chi connectivity index (χ3n) is 3.73. The van der Waals surface area contributed by atoms with Crippen LogP contribution in [0.25, 0.3) is 0 Å². The van der Waals surface area contributed by atoms with Gasteiger partial charge in [-0.25, -0.2) is 0 Å². The van der Waals surface area contributed by atoms with Gasteiger partial charge in [0.05, 0.1) is 10.6 Å². The highest BCUT2D eigenvalue weighted by atomic mass is 35.5. The molecule has 0 bridgehead atoms. The van der Waals surface area contributed by atoms with Gasteiger partial charge in [0, 0.05) is 30.1 Å². The molecule has 1 fully saturated rings. The first-order chi connectivity index (χ1) is 11.7. The minimum absolute atomic E-state index is 0.102. The average Bonchev–Trinajstić information content (AvgIpc) is 3.30. The smallest absolute Gasteiger partial charge is 0.253 e. The zero-order valence-corrected chi connectivity index (χ0v) is 15.5. The summed E-state index contributed by atoms with van der Waals surface area (Å²) in [4.78, 5) is 35.7. The Hall–Kier alpha value is -2.08. The monoisotopic (exact) mass is 365 g/mol. The molecule has 0 saturated heterocycles. The predicted octanol–water partition coefficient (Wildman–Crippen LogP) is 2.72. The normalized spacial score (nSPS) is 13.9. The summed E-state index contributed by atoms with van der Waals surface area (Å²) < 4.78 is 0. The standard InChI is InChI=1S/C18H24ClN3O3/c1-18(2,3)17(25)20-9-8-15(23)21-12-6-7-13(14(19)10-12)16(24)22-11-4-5-11/h6-7,10-11H,4-5,8-9H2,1-3H3,(H,20,25)(H,21,23)(H,22,24). The molecule has 7 heteroatoms. The fourth-order valence-electron chi connectivity index (χ4n) is 2.05. The van der Waals surface area contributed by atoms with Crippen molar-refractivity contribution < 1.29 is 14.4 Å². The van der Waals surface area contributed by atoms with Gasteiger partial charge in [-0.2, -0.15) is 0 Å². The molecule has 1 aliphatic rings. The topological polar surface area (TPSA) is 87.3 Å². The van der Waals surface area contributed by atoms with Crippen LogP contribution in [-0.4, -0.2) is 30.3 Å². The number of benzene rings is 1. The van der Waals surface area contributed by atoms with E-state index in [1.54, 1.807) is 18.2 Å². The molecule has 136 valence electrons. The summed E-state index contributed by atoms with van der Waals surface area (Å²) in [5.74, 6) is -0.537. The van der Waals surface area contributed by atoms with Crippen LogP contribution >= 0.6 is 11.6 Å². The maximum absolute atomic E-state index is 12.0. The number of carbonyl (C=O) groups excluding carboxylic acids is 3. The van der Waals surface area contributed by atoms with E-state index in [2.05, 4.69) is 16.0 Å². The quantitative estimate of drug-likeness (QED) is 0.724. The van der Waals surface area contributed by atoms with Crippen LogP contribution in [0.3, 0.4) is 0 Å². The van der Waals surface area contributed by atoms with Gasteiger partial charge in [-0.15, -0.1) is 0 Å². The molecule has 3 amide bonds. The van der Waals surface area contributed by atoms with Crippen molar-refractivity contribution in [2.24, 2.45) is 5.41 Å². The fraction of sp³-hybridized carbons (Fsp3) is 0.500. The molecule has 1 saturated carbocycles. The Morgan fingerprint density at radius 3 is 2.44 bits per heavy atom. The number of hydrogen-bond acceptors (Lipinski definition) is 3. The molecule has 0 heterocycles. The summed E-state index contributed by atoms with van der Waals surface area (Å²) in [5, 5.41) is 8.59. The molecular weight excluding hydrogens is 342 g/mol. The minimum Gasteiger partial charge on any atom is -0.355 e. The molecule has 3 N–H and O–H groups in total. The molecule has 2 rings (SSSR count). The van der Waals surface area contributed by atoms with Crippen molar-refractivity contribution in [3.8, 4) is 0 Å². The van der Waals surface area contributed by atoms with Crippen LogP contribution in [0.4, 0.5) is 5.69 Å². The Labute approximate surface area is 152 Å². The van der Waals surface area contributed by atoms with Crippen LogP contribution in [0.1, 0.15) is 50.4 Å². The number of nitrogens with one attached hydrogen (secondary N) is 3. The third kappa shape index (κ3) is 6.05. The Bertz CT molecular complexity index is 679. The van der Waals surface area contributed by atoms with Gasteiger partial charge in [-0.05, 0) is 31.0 Å². The highest BCUT2D eigenvalue weighted by Gasteiger charge is 2.25. The summed E-state index contributed by atoms with van der Waals surface area (Å²) in [5.41, 5.74) is 0.421. The van der Waals surface area contributed by atoms with E-state index in [-0.39, 0.29) is 41.8 Å².